The summed E-state index contributed by atoms with van der Waals surface area (Å²) < 4.78 is 39.6. The van der Waals surface area contributed by atoms with Crippen LogP contribution in [0.25, 0.3) is 0 Å². The number of carbonyl (C=O) groups excluding carboxylic acids is 2. The molecule has 9 heteroatoms. The molecule has 192 valence electrons. The molecule has 0 fully saturated rings. The molecular formula is C26H36FN3O4S. The molecule has 0 spiro atoms. The normalized spacial score (nSPS) is 12.2. The van der Waals surface area contributed by atoms with Gasteiger partial charge in [0.15, 0.2) is 0 Å². The smallest absolute Gasteiger partial charge is 0.242 e. The second kappa shape index (κ2) is 12.7. The molecule has 1 N–H and O–H groups in total. The minimum absolute atomic E-state index is 0.0635. The largest absolute Gasteiger partial charge is 0.355 e. The van der Waals surface area contributed by atoms with Crippen molar-refractivity contribution in [3.05, 3.63) is 65.0 Å². The van der Waals surface area contributed by atoms with E-state index in [2.05, 4.69) is 5.32 Å². The molecule has 0 saturated heterocycles. The molecule has 0 heterocycles. The van der Waals surface area contributed by atoms with Crippen LogP contribution >= 0.6 is 0 Å². The van der Waals surface area contributed by atoms with E-state index in [0.29, 0.717) is 24.2 Å². The molecule has 0 aromatic heterocycles. The van der Waals surface area contributed by atoms with E-state index in [1.165, 1.54) is 21.3 Å². The molecule has 0 bridgehead atoms. The van der Waals surface area contributed by atoms with Crippen molar-refractivity contribution in [1.82, 2.24) is 10.2 Å². The lowest BCUT2D eigenvalue weighted by molar-refractivity contribution is -0.141. The number of halogens is 1. The zero-order valence-corrected chi connectivity index (χ0v) is 22.0. The van der Waals surface area contributed by atoms with Gasteiger partial charge < -0.3 is 10.2 Å². The molecule has 0 unspecified atom stereocenters. The van der Waals surface area contributed by atoms with E-state index in [-0.39, 0.29) is 43.6 Å². The Morgan fingerprint density at radius 1 is 1.03 bits per heavy atom. The predicted molar refractivity (Wildman–Crippen MR) is 137 cm³/mol. The number of amides is 2. The zero-order chi connectivity index (χ0) is 26.2. The van der Waals surface area contributed by atoms with Crippen LogP contribution in [0.1, 0.15) is 49.8 Å². The molecule has 7 nitrogen and oxygen atoms in total. The van der Waals surface area contributed by atoms with Gasteiger partial charge in [-0.1, -0.05) is 25.1 Å². The number of carbonyl (C=O) groups is 2. The highest BCUT2D eigenvalue weighted by molar-refractivity contribution is 7.92. The number of likely N-dealkylation sites (N-methyl/N-ethyl adjacent to an activating group) is 1. The lowest BCUT2D eigenvalue weighted by atomic mass is 10.1. The predicted octanol–water partition coefficient (Wildman–Crippen LogP) is 3.93. The fourth-order valence-electron chi connectivity index (χ4n) is 3.88. The number of nitrogens with one attached hydrogen (secondary N) is 1. The fourth-order valence-corrected chi connectivity index (χ4v) is 4.84. The standard InChI is InChI=1S/C26H36FN3O4S/c1-6-24(26(32)28-7-2)29(18-21-11-13-22(27)14-12-21)25(31)9-8-16-30(35(5,33)34)23-15-10-19(3)20(4)17-23/h10-15,17,24H,6-9,16,18H2,1-5H3,(H,28,32)/t24-/m0/s1. The van der Waals surface area contributed by atoms with Crippen molar-refractivity contribution in [2.24, 2.45) is 0 Å². The summed E-state index contributed by atoms with van der Waals surface area (Å²) in [5.74, 6) is -0.895. The molecule has 2 aromatic rings. The van der Waals surface area contributed by atoms with Crippen LogP contribution < -0.4 is 9.62 Å². The van der Waals surface area contributed by atoms with E-state index >= 15 is 0 Å². The van der Waals surface area contributed by atoms with Gasteiger partial charge in [-0.25, -0.2) is 12.8 Å². The van der Waals surface area contributed by atoms with Crippen LogP contribution in [-0.4, -0.2) is 50.5 Å². The number of rotatable bonds is 12. The van der Waals surface area contributed by atoms with Crippen LogP contribution in [0.4, 0.5) is 10.1 Å². The first kappa shape index (κ1) is 28.3. The van der Waals surface area contributed by atoms with Gasteiger partial charge in [0.1, 0.15) is 11.9 Å². The van der Waals surface area contributed by atoms with Crippen molar-refractivity contribution in [2.45, 2.75) is 59.5 Å². The number of anilines is 1. The Kier molecular flexibility index (Phi) is 10.2. The summed E-state index contributed by atoms with van der Waals surface area (Å²) >= 11 is 0. The minimum atomic E-state index is -3.55. The number of aryl methyl sites for hydroxylation is 2. The van der Waals surface area contributed by atoms with Gasteiger partial charge >= 0.3 is 0 Å². The summed E-state index contributed by atoms with van der Waals surface area (Å²) in [6.45, 7) is 8.24. The number of sulfonamides is 1. The first-order valence-electron chi connectivity index (χ1n) is 11.8. The lowest BCUT2D eigenvalue weighted by Gasteiger charge is -2.31. The molecule has 0 aliphatic heterocycles. The van der Waals surface area contributed by atoms with Crippen molar-refractivity contribution in [3.8, 4) is 0 Å². The number of hydrogen-bond acceptors (Lipinski definition) is 4. The molecule has 2 amide bonds. The molecule has 0 aliphatic carbocycles. The third-order valence-electron chi connectivity index (χ3n) is 5.93. The van der Waals surface area contributed by atoms with Gasteiger partial charge in [-0.3, -0.25) is 13.9 Å². The quantitative estimate of drug-likeness (QED) is 0.474. The average molecular weight is 506 g/mol. The zero-order valence-electron chi connectivity index (χ0n) is 21.2. The number of nitrogens with zero attached hydrogens (tertiary/aromatic N) is 2. The van der Waals surface area contributed by atoms with Crippen molar-refractivity contribution >= 4 is 27.5 Å². The summed E-state index contributed by atoms with van der Waals surface area (Å²) in [5.41, 5.74) is 3.30. The summed E-state index contributed by atoms with van der Waals surface area (Å²) in [5, 5.41) is 2.77. The molecule has 0 saturated carbocycles. The highest BCUT2D eigenvalue weighted by Gasteiger charge is 2.28. The summed E-state index contributed by atoms with van der Waals surface area (Å²) in [6.07, 6.45) is 1.91. The van der Waals surface area contributed by atoms with Gasteiger partial charge in [0.2, 0.25) is 21.8 Å². The second-order valence-corrected chi connectivity index (χ2v) is 10.6. The number of benzene rings is 2. The number of hydrogen-bond donors (Lipinski definition) is 1. The van der Waals surface area contributed by atoms with Crippen molar-refractivity contribution < 1.29 is 22.4 Å². The SMILES string of the molecule is CCNC(=O)[C@H](CC)N(Cc1ccc(F)cc1)C(=O)CCCN(c1ccc(C)c(C)c1)S(C)(=O)=O. The third-order valence-corrected chi connectivity index (χ3v) is 7.13. The van der Waals surface area contributed by atoms with Gasteiger partial charge in [0.25, 0.3) is 0 Å². The summed E-state index contributed by atoms with van der Waals surface area (Å²) in [6, 6.07) is 10.6. The Morgan fingerprint density at radius 2 is 1.69 bits per heavy atom. The van der Waals surface area contributed by atoms with Gasteiger partial charge in [-0.15, -0.1) is 0 Å². The van der Waals surface area contributed by atoms with Crippen LogP contribution in [0.2, 0.25) is 0 Å². The van der Waals surface area contributed by atoms with E-state index in [1.807, 2.05) is 39.8 Å². The Morgan fingerprint density at radius 3 is 2.23 bits per heavy atom. The summed E-state index contributed by atoms with van der Waals surface area (Å²) in [7, 11) is -3.55. The van der Waals surface area contributed by atoms with Gasteiger partial charge in [0.05, 0.1) is 11.9 Å². The average Bonchev–Trinajstić information content (AvgIpc) is 2.79. The van der Waals surface area contributed by atoms with Gasteiger partial charge in [0, 0.05) is 26.1 Å². The first-order valence-corrected chi connectivity index (χ1v) is 13.7. The molecular weight excluding hydrogens is 469 g/mol. The Bertz CT molecular complexity index is 1120. The highest BCUT2D eigenvalue weighted by atomic mass is 32.2. The van der Waals surface area contributed by atoms with Crippen LogP contribution in [0, 0.1) is 19.7 Å². The van der Waals surface area contributed by atoms with Crippen LogP contribution in [0.5, 0.6) is 0 Å². The Balaban J connectivity index is 2.21. The molecule has 2 rings (SSSR count). The summed E-state index contributed by atoms with van der Waals surface area (Å²) in [4.78, 5) is 27.5. The van der Waals surface area contributed by atoms with E-state index in [9.17, 15) is 22.4 Å². The van der Waals surface area contributed by atoms with E-state index in [4.69, 9.17) is 0 Å². The Labute approximate surface area is 208 Å². The van der Waals surface area contributed by atoms with Gasteiger partial charge in [-0.05, 0) is 74.6 Å². The van der Waals surface area contributed by atoms with Crippen molar-refractivity contribution in [3.63, 3.8) is 0 Å². The molecule has 2 aromatic carbocycles. The monoisotopic (exact) mass is 505 g/mol. The lowest BCUT2D eigenvalue weighted by Crippen LogP contribution is -2.49. The van der Waals surface area contributed by atoms with Crippen LogP contribution in [-0.2, 0) is 26.2 Å². The maximum Gasteiger partial charge on any atom is 0.242 e. The molecule has 1 atom stereocenters. The maximum atomic E-state index is 13.4. The van der Waals surface area contributed by atoms with Crippen LogP contribution in [0.15, 0.2) is 42.5 Å². The topological polar surface area (TPSA) is 86.8 Å². The van der Waals surface area contributed by atoms with E-state index < -0.39 is 16.1 Å². The third kappa shape index (κ3) is 8.06. The van der Waals surface area contributed by atoms with Gasteiger partial charge in [-0.2, -0.15) is 0 Å². The Hall–Kier alpha value is -2.94. The van der Waals surface area contributed by atoms with E-state index in [0.717, 1.165) is 17.4 Å². The molecule has 0 radical (unpaired) electrons. The second-order valence-electron chi connectivity index (χ2n) is 8.67. The minimum Gasteiger partial charge on any atom is -0.355 e. The first-order chi connectivity index (χ1) is 16.5. The molecule has 0 aliphatic rings. The van der Waals surface area contributed by atoms with E-state index in [1.54, 1.807) is 18.2 Å². The highest BCUT2D eigenvalue weighted by Crippen LogP contribution is 2.22. The van der Waals surface area contributed by atoms with Crippen LogP contribution in [0.3, 0.4) is 0 Å². The molecule has 35 heavy (non-hydrogen) atoms. The van der Waals surface area contributed by atoms with Crippen molar-refractivity contribution in [1.29, 1.82) is 0 Å². The maximum absolute atomic E-state index is 13.4. The van der Waals surface area contributed by atoms with Crippen molar-refractivity contribution in [2.75, 3.05) is 23.7 Å². The fraction of sp³-hybridized carbons (Fsp3) is 0.462.